The van der Waals surface area contributed by atoms with E-state index in [0.29, 0.717) is 18.0 Å². The number of rotatable bonds is 6. The first-order valence-corrected chi connectivity index (χ1v) is 11.5. The average Bonchev–Trinajstić information content (AvgIpc) is 3.25. The first-order valence-electron chi connectivity index (χ1n) is 7.92. The van der Waals surface area contributed by atoms with E-state index in [9.17, 15) is 13.2 Å². The highest BCUT2D eigenvalue weighted by Gasteiger charge is 2.30. The molecule has 0 aliphatic carbocycles. The minimum absolute atomic E-state index is 0.0328. The quantitative estimate of drug-likeness (QED) is 0.734. The third-order valence-electron chi connectivity index (χ3n) is 4.07. The fraction of sp³-hybridized carbons (Fsp3) is 0.533. The van der Waals surface area contributed by atoms with Gasteiger partial charge in [-0.3, -0.25) is 4.79 Å². The average molecular weight is 401 g/mol. The van der Waals surface area contributed by atoms with Crippen molar-refractivity contribution in [1.82, 2.24) is 20.1 Å². The molecule has 1 aliphatic rings. The van der Waals surface area contributed by atoms with Crippen molar-refractivity contribution >= 4 is 38.8 Å². The lowest BCUT2D eigenvalue weighted by Crippen LogP contribution is -2.40. The Balaban J connectivity index is 1.58. The fourth-order valence-electron chi connectivity index (χ4n) is 2.61. The van der Waals surface area contributed by atoms with Gasteiger partial charge in [0, 0.05) is 24.4 Å². The van der Waals surface area contributed by atoms with E-state index in [1.807, 2.05) is 23.1 Å². The zero-order valence-corrected chi connectivity index (χ0v) is 16.5. The zero-order valence-electron chi connectivity index (χ0n) is 14.0. The van der Waals surface area contributed by atoms with Crippen LogP contribution in [-0.4, -0.2) is 51.9 Å². The topological polar surface area (TPSA) is 93.9 Å². The molecule has 1 aliphatic heterocycles. The lowest BCUT2D eigenvalue weighted by atomic mass is 10.2. The predicted molar refractivity (Wildman–Crippen MR) is 98.6 cm³/mol. The Bertz CT molecular complexity index is 846. The Morgan fingerprint density at radius 1 is 1.52 bits per heavy atom. The van der Waals surface area contributed by atoms with Crippen LogP contribution < -0.4 is 5.32 Å². The number of thioether (sulfide) groups is 1. The summed E-state index contributed by atoms with van der Waals surface area (Å²) in [6.45, 7) is 1.79. The summed E-state index contributed by atoms with van der Waals surface area (Å²) in [7, 11) is -1.11. The van der Waals surface area contributed by atoms with Crippen molar-refractivity contribution in [3.8, 4) is 0 Å². The molecule has 0 spiro atoms. The number of nitrogens with one attached hydrogen (secondary N) is 1. The number of nitrogens with zero attached hydrogens (tertiary/aromatic N) is 3. The maximum Gasteiger partial charge on any atom is 0.233 e. The molecule has 1 N–H and O–H groups in total. The van der Waals surface area contributed by atoms with Gasteiger partial charge in [0.05, 0.1) is 16.8 Å². The first-order chi connectivity index (χ1) is 11.8. The van der Waals surface area contributed by atoms with Gasteiger partial charge >= 0.3 is 0 Å². The number of aromatic nitrogens is 3. The van der Waals surface area contributed by atoms with Crippen molar-refractivity contribution in [2.45, 2.75) is 36.2 Å². The molecule has 7 nitrogen and oxygen atoms in total. The van der Waals surface area contributed by atoms with E-state index < -0.39 is 9.84 Å². The van der Waals surface area contributed by atoms with Crippen molar-refractivity contribution in [2.75, 3.05) is 11.5 Å². The normalized spacial score (nSPS) is 20.5. The van der Waals surface area contributed by atoms with Crippen molar-refractivity contribution in [3.63, 3.8) is 0 Å². The molecule has 25 heavy (non-hydrogen) atoms. The molecule has 1 amide bonds. The van der Waals surface area contributed by atoms with Gasteiger partial charge in [0.2, 0.25) is 5.91 Å². The highest BCUT2D eigenvalue weighted by molar-refractivity contribution is 8.00. The molecule has 3 heterocycles. The molecular weight excluding hydrogens is 380 g/mol. The molecule has 3 rings (SSSR count). The summed E-state index contributed by atoms with van der Waals surface area (Å²) in [6.07, 6.45) is 1.20. The Labute approximate surface area is 155 Å². The van der Waals surface area contributed by atoms with Gasteiger partial charge in [0.1, 0.15) is 5.82 Å². The van der Waals surface area contributed by atoms with Gasteiger partial charge in [-0.2, -0.15) is 0 Å². The predicted octanol–water partition coefficient (Wildman–Crippen LogP) is 1.25. The lowest BCUT2D eigenvalue weighted by Gasteiger charge is -2.15. The van der Waals surface area contributed by atoms with Crippen molar-refractivity contribution < 1.29 is 13.2 Å². The number of carbonyl (C=O) groups is 1. The number of thiophene rings is 1. The molecular formula is C15H20N4O3S3. The van der Waals surface area contributed by atoms with Crippen LogP contribution in [0.15, 0.2) is 22.7 Å². The van der Waals surface area contributed by atoms with Crippen LogP contribution in [0.25, 0.3) is 0 Å². The second-order valence-corrected chi connectivity index (χ2v) is 10.7. The van der Waals surface area contributed by atoms with Crippen molar-refractivity contribution in [2.24, 2.45) is 7.05 Å². The highest BCUT2D eigenvalue weighted by Crippen LogP contribution is 2.23. The molecule has 1 fully saturated rings. The second kappa shape index (κ2) is 7.46. The molecule has 0 unspecified atom stereocenters. The molecule has 2 atom stereocenters. The van der Waals surface area contributed by atoms with Crippen molar-refractivity contribution in [1.29, 1.82) is 0 Å². The van der Waals surface area contributed by atoms with Gasteiger partial charge in [0.25, 0.3) is 0 Å². The molecule has 0 radical (unpaired) electrons. The summed E-state index contributed by atoms with van der Waals surface area (Å²) in [5, 5.41) is 13.5. The van der Waals surface area contributed by atoms with E-state index in [4.69, 9.17) is 0 Å². The van der Waals surface area contributed by atoms with Crippen LogP contribution in [0, 0.1) is 0 Å². The molecule has 136 valence electrons. The minimum Gasteiger partial charge on any atom is -0.351 e. The van der Waals surface area contributed by atoms with Gasteiger partial charge in [0.15, 0.2) is 15.0 Å². The number of amides is 1. The van der Waals surface area contributed by atoms with Gasteiger partial charge in [-0.1, -0.05) is 17.8 Å². The van der Waals surface area contributed by atoms with E-state index in [1.54, 1.807) is 18.3 Å². The summed E-state index contributed by atoms with van der Waals surface area (Å²) in [4.78, 5) is 13.5. The third kappa shape index (κ3) is 4.62. The summed E-state index contributed by atoms with van der Waals surface area (Å²) in [6, 6.07) is 3.77. The van der Waals surface area contributed by atoms with Crippen LogP contribution in [-0.2, 0) is 28.1 Å². The fourth-order valence-corrected chi connectivity index (χ4v) is 5.83. The maximum atomic E-state index is 12.3. The van der Waals surface area contributed by atoms with Crippen LogP contribution in [0.1, 0.15) is 24.0 Å². The molecule has 1 saturated heterocycles. The van der Waals surface area contributed by atoms with Gasteiger partial charge in [-0.05, 0) is 24.8 Å². The monoisotopic (exact) mass is 400 g/mol. The lowest BCUT2D eigenvalue weighted by molar-refractivity contribution is -0.120. The second-order valence-electron chi connectivity index (χ2n) is 6.08. The molecule has 0 bridgehead atoms. The van der Waals surface area contributed by atoms with Crippen LogP contribution in [0.2, 0.25) is 0 Å². The van der Waals surface area contributed by atoms with Crippen LogP contribution in [0.5, 0.6) is 0 Å². The van der Waals surface area contributed by atoms with E-state index in [1.165, 1.54) is 16.6 Å². The first kappa shape index (κ1) is 18.4. The van der Waals surface area contributed by atoms with Gasteiger partial charge < -0.3 is 9.88 Å². The smallest absolute Gasteiger partial charge is 0.233 e. The van der Waals surface area contributed by atoms with E-state index in [0.717, 1.165) is 5.82 Å². The molecule has 2 aromatic rings. The maximum absolute atomic E-state index is 12.3. The number of hydrogen-bond acceptors (Lipinski definition) is 7. The standard InChI is InChI=1S/C15H20N4O3S3/c1-10(14(20)16-11-5-7-25(21,22)9-11)24-15-18-17-13(19(15)2)8-12-4-3-6-23-12/h3-4,6,10-11H,5,7-9H2,1-2H3,(H,16,20)/t10-,11-/m0/s1. The Morgan fingerprint density at radius 3 is 2.96 bits per heavy atom. The SMILES string of the molecule is C[C@H](Sc1nnc(Cc2cccs2)n1C)C(=O)N[C@H]1CCS(=O)(=O)C1. The minimum atomic E-state index is -3.00. The van der Waals surface area contributed by atoms with Crippen LogP contribution >= 0.6 is 23.1 Å². The van der Waals surface area contributed by atoms with E-state index >= 15 is 0 Å². The number of hydrogen-bond donors (Lipinski definition) is 1. The summed E-state index contributed by atoms with van der Waals surface area (Å²) >= 11 is 3.00. The largest absolute Gasteiger partial charge is 0.351 e. The molecule has 0 saturated carbocycles. The summed E-state index contributed by atoms with van der Waals surface area (Å²) in [5.41, 5.74) is 0. The van der Waals surface area contributed by atoms with Crippen LogP contribution in [0.3, 0.4) is 0 Å². The summed E-state index contributed by atoms with van der Waals surface area (Å²) < 4.78 is 24.9. The Kier molecular flexibility index (Phi) is 5.49. The summed E-state index contributed by atoms with van der Waals surface area (Å²) in [5.74, 6) is 0.856. The Hall–Kier alpha value is -1.39. The van der Waals surface area contributed by atoms with Gasteiger partial charge in [-0.15, -0.1) is 21.5 Å². The number of carbonyl (C=O) groups excluding carboxylic acids is 1. The van der Waals surface area contributed by atoms with E-state index in [2.05, 4.69) is 21.6 Å². The van der Waals surface area contributed by atoms with Crippen molar-refractivity contribution in [3.05, 3.63) is 28.2 Å². The Morgan fingerprint density at radius 2 is 2.32 bits per heavy atom. The highest BCUT2D eigenvalue weighted by atomic mass is 32.2. The van der Waals surface area contributed by atoms with Gasteiger partial charge in [-0.25, -0.2) is 8.42 Å². The molecule has 2 aromatic heterocycles. The zero-order chi connectivity index (χ0) is 18.0. The van der Waals surface area contributed by atoms with E-state index in [-0.39, 0.29) is 28.7 Å². The third-order valence-corrected chi connectivity index (χ3v) is 7.85. The molecule has 10 heteroatoms. The number of sulfone groups is 1. The molecule has 0 aromatic carbocycles. The van der Waals surface area contributed by atoms with Crippen LogP contribution in [0.4, 0.5) is 0 Å².